The van der Waals surface area contributed by atoms with Crippen molar-refractivity contribution < 1.29 is 80.2 Å². The summed E-state index contributed by atoms with van der Waals surface area (Å²) in [5.74, 6) is -0.619. The highest BCUT2D eigenvalue weighted by Gasteiger charge is 2.30. The Morgan fingerprint density at radius 1 is 0.330 bits per heavy atom. The van der Waals surface area contributed by atoms with Gasteiger partial charge in [0.05, 0.1) is 26.4 Å². The van der Waals surface area contributed by atoms with Gasteiger partial charge in [-0.1, -0.05) is 310 Å². The van der Waals surface area contributed by atoms with E-state index in [1.54, 1.807) is 0 Å². The maximum absolute atomic E-state index is 13.1. The Morgan fingerprint density at radius 3 is 0.872 bits per heavy atom. The number of aliphatic hydroxyl groups excluding tert-OH is 1. The largest absolute Gasteiger partial charge is 0.472 e. The number of carbonyl (C=O) groups is 4. The minimum Gasteiger partial charge on any atom is -0.462 e. The van der Waals surface area contributed by atoms with Gasteiger partial charge in [0.15, 0.2) is 12.2 Å². The minimum absolute atomic E-state index is 0.101. The lowest BCUT2D eigenvalue weighted by molar-refractivity contribution is -0.161. The van der Waals surface area contributed by atoms with E-state index in [-0.39, 0.29) is 25.7 Å². The number of ether oxygens (including phenoxy) is 4. The standard InChI is InChI=1S/C75H142O17P2/c1-7-9-11-13-15-16-17-18-23-27-30-33-40-46-52-58-73(78)86-64-71(91-74(79)59-53-47-41-34-31-28-25-22-20-19-21-24-26-29-32-38-43-49-55-67(3)4)66-90-94(83,84)88-62-69(76)61-87-93(81,82)89-65-70(63-85-72(77)57-51-45-37-14-12-10-8-2)92-75(80)60-54-48-42-36-35-39-44-50-56-68(5)6/h16-18,23,67-71,76H,7-15,19-22,24-66H2,1-6H3,(H,81,82)(H,83,84)/b17-16-,23-18-/t69-,70+,71+/m0/s1. The number of phosphoric acid groups is 2. The lowest BCUT2D eigenvalue weighted by Gasteiger charge is -2.21. The number of rotatable bonds is 72. The molecule has 19 heteroatoms. The summed E-state index contributed by atoms with van der Waals surface area (Å²) in [5, 5.41) is 10.6. The number of aliphatic hydroxyl groups is 1. The lowest BCUT2D eigenvalue weighted by atomic mass is 10.0. The highest BCUT2D eigenvalue weighted by Crippen LogP contribution is 2.45. The normalized spacial score (nSPS) is 14.2. The molecule has 2 unspecified atom stereocenters. The molecule has 0 bridgehead atoms. The van der Waals surface area contributed by atoms with E-state index in [9.17, 15) is 43.2 Å². The summed E-state index contributed by atoms with van der Waals surface area (Å²) >= 11 is 0. The van der Waals surface area contributed by atoms with Crippen LogP contribution < -0.4 is 0 Å². The van der Waals surface area contributed by atoms with Crippen molar-refractivity contribution in [2.75, 3.05) is 39.6 Å². The third kappa shape index (κ3) is 68.1. The second kappa shape index (κ2) is 66.4. The van der Waals surface area contributed by atoms with Gasteiger partial charge < -0.3 is 33.8 Å². The van der Waals surface area contributed by atoms with Crippen LogP contribution in [0.25, 0.3) is 0 Å². The van der Waals surface area contributed by atoms with E-state index in [2.05, 4.69) is 65.8 Å². The first-order chi connectivity index (χ1) is 45.4. The van der Waals surface area contributed by atoms with Crippen LogP contribution in [0.3, 0.4) is 0 Å². The zero-order valence-electron chi connectivity index (χ0n) is 60.7. The Labute approximate surface area is 573 Å². The summed E-state index contributed by atoms with van der Waals surface area (Å²) in [4.78, 5) is 72.5. The van der Waals surface area contributed by atoms with Crippen molar-refractivity contribution in [1.82, 2.24) is 0 Å². The van der Waals surface area contributed by atoms with Crippen LogP contribution >= 0.6 is 15.6 Å². The van der Waals surface area contributed by atoms with Crippen molar-refractivity contribution in [3.05, 3.63) is 24.3 Å². The maximum Gasteiger partial charge on any atom is 0.472 e. The van der Waals surface area contributed by atoms with Crippen LogP contribution in [0.15, 0.2) is 24.3 Å². The second-order valence-corrected chi connectivity index (χ2v) is 30.2. The SMILES string of the molecule is CCCCCC/C=C\C=C/CCCCCCCC(=O)OC[C@H](COP(=O)(O)OC[C@@H](O)COP(=O)(O)OC[C@@H](COC(=O)CCCCCCCCC)OC(=O)CCCCCCCCCCC(C)C)OC(=O)CCCCCCCCCCCCCCCCCCCCC(C)C. The lowest BCUT2D eigenvalue weighted by Crippen LogP contribution is -2.30. The van der Waals surface area contributed by atoms with Gasteiger partial charge in [0, 0.05) is 25.7 Å². The van der Waals surface area contributed by atoms with Crippen molar-refractivity contribution in [3.63, 3.8) is 0 Å². The smallest absolute Gasteiger partial charge is 0.462 e. The van der Waals surface area contributed by atoms with Crippen molar-refractivity contribution in [2.45, 2.75) is 381 Å². The van der Waals surface area contributed by atoms with E-state index < -0.39 is 97.5 Å². The van der Waals surface area contributed by atoms with Crippen LogP contribution in [0.1, 0.15) is 363 Å². The van der Waals surface area contributed by atoms with Crippen molar-refractivity contribution in [3.8, 4) is 0 Å². The zero-order valence-corrected chi connectivity index (χ0v) is 62.5. The molecule has 0 saturated heterocycles. The average Bonchev–Trinajstić information content (AvgIpc) is 1.99. The van der Waals surface area contributed by atoms with Crippen LogP contribution in [0.5, 0.6) is 0 Å². The predicted molar refractivity (Wildman–Crippen MR) is 381 cm³/mol. The molecule has 0 saturated carbocycles. The van der Waals surface area contributed by atoms with Gasteiger partial charge in [-0.05, 0) is 63.2 Å². The molecule has 0 spiro atoms. The van der Waals surface area contributed by atoms with Crippen molar-refractivity contribution in [2.24, 2.45) is 11.8 Å². The molecule has 0 aliphatic heterocycles. The molecule has 0 fully saturated rings. The molecular formula is C75H142O17P2. The van der Waals surface area contributed by atoms with E-state index >= 15 is 0 Å². The molecule has 0 aromatic carbocycles. The third-order valence-corrected chi connectivity index (χ3v) is 18.7. The molecule has 0 amide bonds. The summed E-state index contributed by atoms with van der Waals surface area (Å²) < 4.78 is 68.3. The molecule has 554 valence electrons. The fourth-order valence-electron chi connectivity index (χ4n) is 10.9. The van der Waals surface area contributed by atoms with Crippen LogP contribution in [0, 0.1) is 11.8 Å². The molecule has 0 heterocycles. The fourth-order valence-corrected chi connectivity index (χ4v) is 12.5. The number of esters is 4. The zero-order chi connectivity index (χ0) is 69.3. The first-order valence-electron chi connectivity index (χ1n) is 38.3. The van der Waals surface area contributed by atoms with Crippen LogP contribution in [-0.2, 0) is 65.4 Å². The summed E-state index contributed by atoms with van der Waals surface area (Å²) in [6.45, 7) is 9.46. The van der Waals surface area contributed by atoms with Gasteiger partial charge in [0.25, 0.3) is 0 Å². The van der Waals surface area contributed by atoms with Crippen molar-refractivity contribution in [1.29, 1.82) is 0 Å². The molecule has 3 N–H and O–H groups in total. The van der Waals surface area contributed by atoms with Crippen LogP contribution in [0.4, 0.5) is 0 Å². The topological polar surface area (TPSA) is 237 Å². The number of carbonyl (C=O) groups excluding carboxylic acids is 4. The summed E-state index contributed by atoms with van der Waals surface area (Å²) in [7, 11) is -9.91. The summed E-state index contributed by atoms with van der Waals surface area (Å²) in [5.41, 5.74) is 0. The molecule has 0 radical (unpaired) electrons. The van der Waals surface area contributed by atoms with Gasteiger partial charge in [0.2, 0.25) is 0 Å². The molecule has 0 rings (SSSR count). The van der Waals surface area contributed by atoms with E-state index in [0.29, 0.717) is 25.7 Å². The van der Waals surface area contributed by atoms with Gasteiger partial charge in [-0.2, -0.15) is 0 Å². The second-order valence-electron chi connectivity index (χ2n) is 27.3. The fraction of sp³-hybridized carbons (Fsp3) is 0.893. The number of hydrogen-bond donors (Lipinski definition) is 3. The van der Waals surface area contributed by atoms with Gasteiger partial charge in [-0.15, -0.1) is 0 Å². The first-order valence-corrected chi connectivity index (χ1v) is 41.3. The van der Waals surface area contributed by atoms with E-state index in [0.717, 1.165) is 134 Å². The third-order valence-electron chi connectivity index (χ3n) is 16.8. The molecule has 0 aromatic heterocycles. The van der Waals surface area contributed by atoms with Gasteiger partial charge in [0.1, 0.15) is 19.3 Å². The molecule has 5 atom stereocenters. The number of hydrogen-bond acceptors (Lipinski definition) is 15. The van der Waals surface area contributed by atoms with E-state index in [1.165, 1.54) is 148 Å². The highest BCUT2D eigenvalue weighted by molar-refractivity contribution is 7.47. The summed E-state index contributed by atoms with van der Waals surface area (Å²) in [6, 6.07) is 0. The van der Waals surface area contributed by atoms with Crippen LogP contribution in [-0.4, -0.2) is 96.7 Å². The maximum atomic E-state index is 13.1. The quantitative estimate of drug-likeness (QED) is 0.0169. The van der Waals surface area contributed by atoms with Gasteiger partial charge in [-0.3, -0.25) is 37.3 Å². The van der Waals surface area contributed by atoms with Crippen LogP contribution in [0.2, 0.25) is 0 Å². The highest BCUT2D eigenvalue weighted by atomic mass is 31.2. The first kappa shape index (κ1) is 91.5. The number of phosphoric ester groups is 2. The summed E-state index contributed by atoms with van der Waals surface area (Å²) in [6.07, 6.45) is 56.6. The molecule has 0 aliphatic rings. The number of allylic oxidation sites excluding steroid dienone is 4. The number of unbranched alkanes of at least 4 members (excludes halogenated alkanes) is 39. The monoisotopic (exact) mass is 1380 g/mol. The van der Waals surface area contributed by atoms with Crippen molar-refractivity contribution >= 4 is 39.5 Å². The van der Waals surface area contributed by atoms with Gasteiger partial charge in [-0.25, -0.2) is 9.13 Å². The Morgan fingerprint density at radius 2 is 0.574 bits per heavy atom. The van der Waals surface area contributed by atoms with E-state index in [1.807, 2.05) is 0 Å². The predicted octanol–water partition coefficient (Wildman–Crippen LogP) is 21.5. The Balaban J connectivity index is 5.20. The molecule has 94 heavy (non-hydrogen) atoms. The van der Waals surface area contributed by atoms with Gasteiger partial charge >= 0.3 is 39.5 Å². The Kier molecular flexibility index (Phi) is 64.7. The molecule has 0 aromatic rings. The Bertz CT molecular complexity index is 1910. The molecular weight excluding hydrogens is 1230 g/mol. The van der Waals surface area contributed by atoms with E-state index in [4.69, 9.17) is 37.0 Å². The average molecular weight is 1380 g/mol. The minimum atomic E-state index is -4.96. The Hall–Kier alpha value is -2.46. The molecule has 0 aliphatic carbocycles. The molecule has 17 nitrogen and oxygen atoms in total.